The summed E-state index contributed by atoms with van der Waals surface area (Å²) in [7, 11) is 0. The number of aromatic nitrogens is 2. The maximum atomic E-state index is 13.3. The van der Waals surface area contributed by atoms with Gasteiger partial charge in [-0.3, -0.25) is 19.3 Å². The summed E-state index contributed by atoms with van der Waals surface area (Å²) in [5.74, 6) is -0.584. The molecule has 1 aromatic carbocycles. The van der Waals surface area contributed by atoms with Crippen molar-refractivity contribution in [3.05, 3.63) is 47.0 Å². The number of halogens is 1. The first kappa shape index (κ1) is 25.7. The molecule has 5 rings (SSSR count). The number of ether oxygens (including phenoxy) is 1. The summed E-state index contributed by atoms with van der Waals surface area (Å²) in [6, 6.07) is 7.33. The van der Waals surface area contributed by atoms with Crippen LogP contribution in [0.5, 0.6) is 0 Å². The highest BCUT2D eigenvalue weighted by atomic mass is 35.5. The van der Waals surface area contributed by atoms with E-state index in [1.54, 1.807) is 6.07 Å². The van der Waals surface area contributed by atoms with Crippen LogP contribution in [0.3, 0.4) is 0 Å². The highest BCUT2D eigenvalue weighted by Gasteiger charge is 2.48. The van der Waals surface area contributed by atoms with Crippen LogP contribution in [-0.4, -0.2) is 84.6 Å². The minimum Gasteiger partial charge on any atom is -0.379 e. The molecule has 0 unspecified atom stereocenters. The number of amides is 3. The van der Waals surface area contributed by atoms with E-state index >= 15 is 0 Å². The standard InChI is InChI=1S/C26H33ClN6O4/c27-18-2-1-3-20(16-18)33-10-8-26(25(33)36)6-4-19(5-7-26)31-24(35)22-21(29-17-30-22)23(34)28-9-11-32-12-14-37-15-13-32/h1-3,16-17,19H,4-15H2,(H,28,34)(H,29,30)(H,31,35)/t19-,26-. The van der Waals surface area contributed by atoms with E-state index in [4.69, 9.17) is 16.3 Å². The fraction of sp³-hybridized carbons (Fsp3) is 0.538. The summed E-state index contributed by atoms with van der Waals surface area (Å²) in [4.78, 5) is 50.0. The molecule has 3 heterocycles. The Hall–Kier alpha value is -2.95. The fourth-order valence-electron chi connectivity index (χ4n) is 5.62. The Morgan fingerprint density at radius 2 is 1.92 bits per heavy atom. The Balaban J connectivity index is 1.12. The first-order chi connectivity index (χ1) is 17.9. The van der Waals surface area contributed by atoms with Crippen LogP contribution in [0.4, 0.5) is 5.69 Å². The second kappa shape index (κ2) is 11.2. The number of benzene rings is 1. The van der Waals surface area contributed by atoms with Gasteiger partial charge in [0, 0.05) is 49.5 Å². The second-order valence-corrected chi connectivity index (χ2v) is 10.5. The number of anilines is 1. The van der Waals surface area contributed by atoms with E-state index < -0.39 is 0 Å². The minimum atomic E-state index is -0.386. The Labute approximate surface area is 221 Å². The van der Waals surface area contributed by atoms with Crippen molar-refractivity contribution in [2.24, 2.45) is 5.41 Å². The van der Waals surface area contributed by atoms with E-state index in [0.717, 1.165) is 31.7 Å². The van der Waals surface area contributed by atoms with Gasteiger partial charge in [-0.25, -0.2) is 4.98 Å². The van der Waals surface area contributed by atoms with Crippen molar-refractivity contribution in [1.29, 1.82) is 0 Å². The van der Waals surface area contributed by atoms with Crippen LogP contribution in [0.25, 0.3) is 0 Å². The zero-order valence-electron chi connectivity index (χ0n) is 20.8. The molecule has 10 nitrogen and oxygen atoms in total. The third-order valence-electron chi connectivity index (χ3n) is 7.81. The number of nitrogens with zero attached hydrogens (tertiary/aromatic N) is 3. The molecule has 1 spiro atoms. The molecule has 3 fully saturated rings. The van der Waals surface area contributed by atoms with Crippen LogP contribution in [0, 0.1) is 5.41 Å². The second-order valence-electron chi connectivity index (χ2n) is 10.1. The summed E-state index contributed by atoms with van der Waals surface area (Å²) >= 11 is 6.13. The maximum Gasteiger partial charge on any atom is 0.272 e. The molecular weight excluding hydrogens is 496 g/mol. The Morgan fingerprint density at radius 3 is 2.68 bits per heavy atom. The van der Waals surface area contributed by atoms with Crippen molar-refractivity contribution in [2.75, 3.05) is 50.8 Å². The van der Waals surface area contributed by atoms with E-state index in [1.165, 1.54) is 6.33 Å². The van der Waals surface area contributed by atoms with Crippen molar-refractivity contribution >= 4 is 35.0 Å². The predicted octanol–water partition coefficient (Wildman–Crippen LogP) is 2.22. The Kier molecular flexibility index (Phi) is 7.78. The lowest BCUT2D eigenvalue weighted by Crippen LogP contribution is -2.44. The Bertz CT molecular complexity index is 1140. The van der Waals surface area contributed by atoms with Crippen molar-refractivity contribution in [1.82, 2.24) is 25.5 Å². The summed E-state index contributed by atoms with van der Waals surface area (Å²) in [6.45, 7) is 4.96. The molecule has 11 heteroatoms. The molecule has 2 aliphatic heterocycles. The quantitative estimate of drug-likeness (QED) is 0.507. The zero-order valence-corrected chi connectivity index (χ0v) is 21.6. The van der Waals surface area contributed by atoms with Gasteiger partial charge in [0.2, 0.25) is 5.91 Å². The predicted molar refractivity (Wildman–Crippen MR) is 139 cm³/mol. The molecule has 1 saturated carbocycles. The molecule has 1 aromatic heterocycles. The molecule has 3 N–H and O–H groups in total. The van der Waals surface area contributed by atoms with Gasteiger partial charge in [-0.1, -0.05) is 17.7 Å². The normalized spacial score (nSPS) is 24.4. The molecule has 0 atom stereocenters. The minimum absolute atomic E-state index is 0.0633. The molecule has 2 aromatic rings. The van der Waals surface area contributed by atoms with Crippen LogP contribution in [-0.2, 0) is 9.53 Å². The van der Waals surface area contributed by atoms with Crippen LogP contribution in [0.2, 0.25) is 5.02 Å². The SMILES string of the molecule is O=C(NCCN1CCOCC1)c1nc[nH]c1C(=O)N[C@H]1CC[C@@]2(CCN(c3cccc(Cl)c3)C2=O)CC1. The first-order valence-corrected chi connectivity index (χ1v) is 13.3. The summed E-state index contributed by atoms with van der Waals surface area (Å²) < 4.78 is 5.34. The van der Waals surface area contributed by atoms with Gasteiger partial charge in [0.25, 0.3) is 11.8 Å². The highest BCUT2D eigenvalue weighted by molar-refractivity contribution is 6.31. The molecule has 198 valence electrons. The summed E-state index contributed by atoms with van der Waals surface area (Å²) in [5.41, 5.74) is 0.700. The van der Waals surface area contributed by atoms with Crippen LogP contribution < -0.4 is 15.5 Å². The van der Waals surface area contributed by atoms with Crippen LogP contribution in [0.1, 0.15) is 53.1 Å². The van der Waals surface area contributed by atoms with Crippen LogP contribution in [0.15, 0.2) is 30.6 Å². The smallest absolute Gasteiger partial charge is 0.272 e. The number of nitrogens with one attached hydrogen (secondary N) is 3. The maximum absolute atomic E-state index is 13.3. The number of imidazole rings is 1. The number of hydrogen-bond acceptors (Lipinski definition) is 6. The molecule has 2 saturated heterocycles. The number of hydrogen-bond donors (Lipinski definition) is 3. The van der Waals surface area contributed by atoms with Crippen molar-refractivity contribution < 1.29 is 19.1 Å². The monoisotopic (exact) mass is 528 g/mol. The van der Waals surface area contributed by atoms with Crippen molar-refractivity contribution in [3.8, 4) is 0 Å². The first-order valence-electron chi connectivity index (χ1n) is 13.0. The third kappa shape index (κ3) is 5.66. The fourth-order valence-corrected chi connectivity index (χ4v) is 5.81. The largest absolute Gasteiger partial charge is 0.379 e. The average Bonchev–Trinajstić information content (AvgIpc) is 3.52. The summed E-state index contributed by atoms with van der Waals surface area (Å²) in [6.07, 6.45) is 5.00. The lowest BCUT2D eigenvalue weighted by molar-refractivity contribution is -0.127. The number of morpholine rings is 1. The van der Waals surface area contributed by atoms with Crippen molar-refractivity contribution in [2.45, 2.75) is 38.1 Å². The van der Waals surface area contributed by atoms with Gasteiger partial charge < -0.3 is 25.3 Å². The third-order valence-corrected chi connectivity index (χ3v) is 8.04. The molecule has 0 bridgehead atoms. The molecule has 37 heavy (non-hydrogen) atoms. The van der Waals surface area contributed by atoms with Gasteiger partial charge in [-0.2, -0.15) is 0 Å². The van der Waals surface area contributed by atoms with Gasteiger partial charge in [-0.15, -0.1) is 0 Å². The lowest BCUT2D eigenvalue weighted by atomic mass is 9.71. The van der Waals surface area contributed by atoms with E-state index in [1.807, 2.05) is 23.1 Å². The van der Waals surface area contributed by atoms with E-state index in [-0.39, 0.29) is 40.6 Å². The summed E-state index contributed by atoms with van der Waals surface area (Å²) in [5, 5.41) is 6.51. The van der Waals surface area contributed by atoms with Crippen LogP contribution >= 0.6 is 11.6 Å². The van der Waals surface area contributed by atoms with Gasteiger partial charge in [0.1, 0.15) is 5.69 Å². The van der Waals surface area contributed by atoms with E-state index in [9.17, 15) is 14.4 Å². The van der Waals surface area contributed by atoms with Gasteiger partial charge in [-0.05, 0) is 50.3 Å². The van der Waals surface area contributed by atoms with Gasteiger partial charge in [0.05, 0.1) is 25.0 Å². The van der Waals surface area contributed by atoms with E-state index in [2.05, 4.69) is 25.5 Å². The Morgan fingerprint density at radius 1 is 1.14 bits per heavy atom. The molecule has 3 aliphatic rings. The lowest BCUT2D eigenvalue weighted by Gasteiger charge is -2.36. The number of aromatic amines is 1. The van der Waals surface area contributed by atoms with Crippen molar-refractivity contribution in [3.63, 3.8) is 0 Å². The average molecular weight is 529 g/mol. The molecular formula is C26H33ClN6O4. The number of carbonyl (C=O) groups is 3. The van der Waals surface area contributed by atoms with Gasteiger partial charge >= 0.3 is 0 Å². The molecule has 3 amide bonds. The number of H-pyrrole nitrogens is 1. The van der Waals surface area contributed by atoms with Gasteiger partial charge in [0.15, 0.2) is 5.69 Å². The molecule has 0 radical (unpaired) electrons. The van der Waals surface area contributed by atoms with E-state index in [0.29, 0.717) is 57.0 Å². The zero-order chi connectivity index (χ0) is 25.8. The highest BCUT2D eigenvalue weighted by Crippen LogP contribution is 2.46. The molecule has 1 aliphatic carbocycles. The number of carbonyl (C=O) groups excluding carboxylic acids is 3. The number of rotatable bonds is 7. The topological polar surface area (TPSA) is 120 Å².